The fourth-order valence-corrected chi connectivity index (χ4v) is 0.533. The number of rotatable bonds is 4. The van der Waals surface area contributed by atoms with Crippen LogP contribution in [0.5, 0.6) is 0 Å². The molecule has 0 atom stereocenters. The van der Waals surface area contributed by atoms with Gasteiger partial charge in [0.15, 0.2) is 11.6 Å². The zero-order valence-corrected chi connectivity index (χ0v) is 5.79. The summed E-state index contributed by atoms with van der Waals surface area (Å²) in [6, 6.07) is 0. The van der Waals surface area contributed by atoms with Crippen molar-refractivity contribution in [2.24, 2.45) is 0 Å². The molecule has 0 spiro atoms. The summed E-state index contributed by atoms with van der Waals surface area (Å²) >= 11 is 0. The average Bonchev–Trinajstić information content (AvgIpc) is 1.81. The van der Waals surface area contributed by atoms with Gasteiger partial charge in [0.1, 0.15) is 0 Å². The first-order chi connectivity index (χ1) is 4.59. The smallest absolute Gasteiger partial charge is 0.294 e. The first-order valence-corrected chi connectivity index (χ1v) is 2.69. The average molecular weight is 144 g/mol. The molecule has 4 nitrogen and oxygen atoms in total. The monoisotopic (exact) mass is 144 g/mol. The first kappa shape index (κ1) is 8.81. The number of carbonyl (C=O) groups is 3. The first-order valence-electron chi connectivity index (χ1n) is 2.69. The minimum Gasteiger partial charge on any atom is -0.448 e. The van der Waals surface area contributed by atoms with Gasteiger partial charge in [-0.15, -0.1) is 0 Å². The highest BCUT2D eigenvalue weighted by molar-refractivity contribution is 6.03. The van der Waals surface area contributed by atoms with E-state index in [1.807, 2.05) is 0 Å². The maximum absolute atomic E-state index is 10.5. The van der Waals surface area contributed by atoms with Crippen LogP contribution in [0.3, 0.4) is 0 Å². The summed E-state index contributed by atoms with van der Waals surface area (Å²) in [5.41, 5.74) is 0. The molecular formula is C6H8O4. The van der Waals surface area contributed by atoms with Crippen molar-refractivity contribution < 1.29 is 19.1 Å². The lowest BCUT2D eigenvalue weighted by molar-refractivity contribution is -0.149. The molecule has 0 N–H and O–H groups in total. The molecule has 0 aliphatic carbocycles. The summed E-state index contributed by atoms with van der Waals surface area (Å²) in [5.74, 6) is -0.917. The Morgan fingerprint density at radius 1 is 1.30 bits per heavy atom. The Bertz CT molecular complexity index is 147. The van der Waals surface area contributed by atoms with Crippen molar-refractivity contribution in [3.8, 4) is 0 Å². The highest BCUT2D eigenvalue weighted by Crippen LogP contribution is 1.92. The van der Waals surface area contributed by atoms with Crippen LogP contribution in [-0.4, -0.2) is 24.1 Å². The van der Waals surface area contributed by atoms with Crippen molar-refractivity contribution in [3.63, 3.8) is 0 Å². The topological polar surface area (TPSA) is 60.4 Å². The molecule has 0 saturated carbocycles. The lowest BCUT2D eigenvalue weighted by Gasteiger charge is -2.05. The fraction of sp³-hybridized carbons (Fsp3) is 0.500. The molecule has 0 aromatic heterocycles. The summed E-state index contributed by atoms with van der Waals surface area (Å²) in [6.45, 7) is 2.47. The molecule has 0 saturated heterocycles. The van der Waals surface area contributed by atoms with Gasteiger partial charge in [-0.1, -0.05) is 0 Å². The Balaban J connectivity index is 4.11. The largest absolute Gasteiger partial charge is 0.448 e. The highest BCUT2D eigenvalue weighted by atomic mass is 16.5. The van der Waals surface area contributed by atoms with E-state index in [0.717, 1.165) is 0 Å². The van der Waals surface area contributed by atoms with Crippen molar-refractivity contribution in [2.75, 3.05) is 0 Å². The van der Waals surface area contributed by atoms with Crippen LogP contribution in [0.15, 0.2) is 0 Å². The molecule has 0 aliphatic heterocycles. The van der Waals surface area contributed by atoms with E-state index in [0.29, 0.717) is 0 Å². The van der Waals surface area contributed by atoms with Crippen LogP contribution in [0.25, 0.3) is 0 Å². The van der Waals surface area contributed by atoms with E-state index in [4.69, 9.17) is 0 Å². The van der Waals surface area contributed by atoms with Gasteiger partial charge in [-0.25, -0.2) is 0 Å². The number of ketones is 2. The van der Waals surface area contributed by atoms with Crippen LogP contribution in [0.4, 0.5) is 0 Å². The van der Waals surface area contributed by atoms with E-state index < -0.39 is 17.7 Å². The van der Waals surface area contributed by atoms with Crippen LogP contribution in [-0.2, 0) is 19.1 Å². The third-order valence-electron chi connectivity index (χ3n) is 0.930. The molecule has 0 fully saturated rings. The Morgan fingerprint density at radius 2 is 1.70 bits per heavy atom. The lowest BCUT2D eigenvalue weighted by atomic mass is 10.2. The molecule has 0 aromatic carbocycles. The molecule has 0 unspecified atom stereocenters. The molecule has 0 aromatic rings. The summed E-state index contributed by atoms with van der Waals surface area (Å²) < 4.78 is 4.19. The molecule has 0 heterocycles. The summed E-state index contributed by atoms with van der Waals surface area (Å²) in [5, 5.41) is 0. The predicted molar refractivity (Wildman–Crippen MR) is 32.3 cm³/mol. The maximum atomic E-state index is 10.5. The van der Waals surface area contributed by atoms with Gasteiger partial charge >= 0.3 is 0 Å². The minimum atomic E-state index is -1.21. The van der Waals surface area contributed by atoms with Crippen molar-refractivity contribution in [2.45, 2.75) is 20.0 Å². The number of carbonyl (C=O) groups excluding carboxylic acids is 3. The number of Topliss-reactive ketones (excluding diaryl/α,β-unsaturated/α-hetero) is 2. The van der Waals surface area contributed by atoms with Crippen molar-refractivity contribution in [3.05, 3.63) is 0 Å². The molecule has 0 radical (unpaired) electrons. The van der Waals surface area contributed by atoms with Gasteiger partial charge in [0.05, 0.1) is 0 Å². The SMILES string of the molecule is CC(=O)C(OC=O)C(C)=O. The summed E-state index contributed by atoms with van der Waals surface area (Å²) in [7, 11) is 0. The minimum absolute atomic E-state index is 0.0907. The van der Waals surface area contributed by atoms with Gasteiger partial charge in [-0.05, 0) is 13.8 Å². The van der Waals surface area contributed by atoms with Crippen LogP contribution < -0.4 is 0 Å². The van der Waals surface area contributed by atoms with Crippen LogP contribution in [0.1, 0.15) is 13.8 Å². The van der Waals surface area contributed by atoms with Gasteiger partial charge in [-0.3, -0.25) is 14.4 Å². The number of hydrogen-bond acceptors (Lipinski definition) is 4. The molecule has 10 heavy (non-hydrogen) atoms. The highest BCUT2D eigenvalue weighted by Gasteiger charge is 2.19. The second-order valence-electron chi connectivity index (χ2n) is 1.83. The second-order valence-corrected chi connectivity index (χ2v) is 1.83. The van der Waals surface area contributed by atoms with Crippen LogP contribution in [0, 0.1) is 0 Å². The molecule has 0 aliphatic rings. The Kier molecular flexibility index (Phi) is 3.32. The van der Waals surface area contributed by atoms with Crippen LogP contribution >= 0.6 is 0 Å². The van der Waals surface area contributed by atoms with Gasteiger partial charge in [0.2, 0.25) is 6.10 Å². The van der Waals surface area contributed by atoms with E-state index in [1.165, 1.54) is 13.8 Å². The number of hydrogen-bond donors (Lipinski definition) is 0. The normalized spacial score (nSPS) is 9.10. The summed E-state index contributed by atoms with van der Waals surface area (Å²) in [6.07, 6.45) is -1.21. The molecule has 0 rings (SSSR count). The van der Waals surface area contributed by atoms with E-state index in [-0.39, 0.29) is 6.47 Å². The molecule has 0 amide bonds. The molecular weight excluding hydrogens is 136 g/mol. The Hall–Kier alpha value is -1.19. The van der Waals surface area contributed by atoms with E-state index >= 15 is 0 Å². The van der Waals surface area contributed by atoms with Gasteiger partial charge in [0, 0.05) is 0 Å². The number of ether oxygens (including phenoxy) is 1. The predicted octanol–water partition coefficient (Wildman–Crippen LogP) is -0.294. The third kappa shape index (κ3) is 2.39. The summed E-state index contributed by atoms with van der Waals surface area (Å²) in [4.78, 5) is 30.6. The third-order valence-corrected chi connectivity index (χ3v) is 0.930. The maximum Gasteiger partial charge on any atom is 0.294 e. The van der Waals surface area contributed by atoms with Crippen molar-refractivity contribution in [1.82, 2.24) is 0 Å². The van der Waals surface area contributed by atoms with E-state index in [2.05, 4.69) is 4.74 Å². The van der Waals surface area contributed by atoms with E-state index in [1.54, 1.807) is 0 Å². The van der Waals surface area contributed by atoms with Gasteiger partial charge in [0.25, 0.3) is 6.47 Å². The zero-order chi connectivity index (χ0) is 8.15. The molecule has 0 bridgehead atoms. The standard InChI is InChI=1S/C6H8O4/c1-4(8)6(5(2)9)10-3-7/h3,6H,1-2H3. The fourth-order valence-electron chi connectivity index (χ4n) is 0.533. The Morgan fingerprint density at radius 3 is 1.80 bits per heavy atom. The van der Waals surface area contributed by atoms with Crippen molar-refractivity contribution in [1.29, 1.82) is 0 Å². The van der Waals surface area contributed by atoms with Crippen molar-refractivity contribution >= 4 is 18.0 Å². The zero-order valence-electron chi connectivity index (χ0n) is 5.79. The van der Waals surface area contributed by atoms with Crippen LogP contribution in [0.2, 0.25) is 0 Å². The molecule has 4 heteroatoms. The quantitative estimate of drug-likeness (QED) is 0.401. The van der Waals surface area contributed by atoms with Gasteiger partial charge < -0.3 is 4.74 Å². The van der Waals surface area contributed by atoms with E-state index in [9.17, 15) is 14.4 Å². The second kappa shape index (κ2) is 3.76. The molecule has 56 valence electrons. The Labute approximate surface area is 58.2 Å². The lowest BCUT2D eigenvalue weighted by Crippen LogP contribution is -2.28. The van der Waals surface area contributed by atoms with Gasteiger partial charge in [-0.2, -0.15) is 0 Å².